The second kappa shape index (κ2) is 11.2. The van der Waals surface area contributed by atoms with Gasteiger partial charge in [0.25, 0.3) is 11.7 Å². The van der Waals surface area contributed by atoms with Crippen molar-refractivity contribution in [2.24, 2.45) is 0 Å². The number of hydrogen-bond donors (Lipinski definition) is 2. The molecule has 1 saturated heterocycles. The Kier molecular flexibility index (Phi) is 7.55. The number of rotatable bonds is 8. The molecule has 2 heterocycles. The number of aromatic nitrogens is 1. The van der Waals surface area contributed by atoms with E-state index >= 15 is 0 Å². The van der Waals surface area contributed by atoms with Gasteiger partial charge in [0.15, 0.2) is 5.76 Å². The minimum atomic E-state index is -0.422. The van der Waals surface area contributed by atoms with Crippen LogP contribution in [0.2, 0.25) is 0 Å². The summed E-state index contributed by atoms with van der Waals surface area (Å²) in [5, 5.41) is 18.3. The van der Waals surface area contributed by atoms with E-state index in [9.17, 15) is 14.5 Å². The molecule has 9 nitrogen and oxygen atoms in total. The smallest absolute Gasteiger partial charge is 0.295 e. The van der Waals surface area contributed by atoms with Gasteiger partial charge in [-0.3, -0.25) is 10.1 Å². The maximum Gasteiger partial charge on any atom is 0.295 e. The SMILES string of the molecule is COc1ccc(-c2cnc(N[C@@H]3CCCC[C@H]3N[C@H]3CCCN(c4ccc([N+](=O)[O-])cc4)C3)o2)c(F)c1. The molecule has 2 N–H and O–H groups in total. The molecule has 0 amide bonds. The molecule has 0 spiro atoms. The van der Waals surface area contributed by atoms with Crippen LogP contribution in [-0.4, -0.2) is 48.2 Å². The molecule has 3 atom stereocenters. The van der Waals surface area contributed by atoms with E-state index in [1.165, 1.54) is 13.2 Å². The van der Waals surface area contributed by atoms with Crippen LogP contribution in [0.5, 0.6) is 5.75 Å². The zero-order valence-corrected chi connectivity index (χ0v) is 20.9. The van der Waals surface area contributed by atoms with Crippen molar-refractivity contribution in [3.05, 3.63) is 64.6 Å². The Bertz CT molecular complexity index is 1220. The normalized spacial score (nSPS) is 22.0. The lowest BCUT2D eigenvalue weighted by atomic mass is 9.89. The average molecular weight is 510 g/mol. The molecule has 37 heavy (non-hydrogen) atoms. The highest BCUT2D eigenvalue weighted by Crippen LogP contribution is 2.30. The number of oxazole rings is 1. The van der Waals surface area contributed by atoms with Crippen molar-refractivity contribution >= 4 is 17.4 Å². The third kappa shape index (κ3) is 5.85. The standard InChI is InChI=1S/C27H32FN5O4/c1-36-21-12-13-22(23(28)15-21)26-16-29-27(37-26)31-25-7-3-2-6-24(25)30-18-5-4-14-32(17-18)19-8-10-20(11-9-19)33(34)35/h8-13,15-16,18,24-25,30H,2-7,14,17H2,1H3,(H,29,31)/t18-,24+,25+/m0/s1. The Morgan fingerprint density at radius 3 is 2.62 bits per heavy atom. The quantitative estimate of drug-likeness (QED) is 0.308. The van der Waals surface area contributed by atoms with Crippen LogP contribution in [-0.2, 0) is 0 Å². The number of non-ortho nitro benzene ring substituents is 1. The number of hydrogen-bond acceptors (Lipinski definition) is 8. The molecule has 1 aliphatic heterocycles. The minimum Gasteiger partial charge on any atom is -0.497 e. The van der Waals surface area contributed by atoms with Crippen LogP contribution in [0.1, 0.15) is 38.5 Å². The van der Waals surface area contributed by atoms with E-state index in [0.717, 1.165) is 57.3 Å². The summed E-state index contributed by atoms with van der Waals surface area (Å²) in [6.07, 6.45) is 7.99. The van der Waals surface area contributed by atoms with Gasteiger partial charge in [-0.2, -0.15) is 0 Å². The number of anilines is 2. The highest BCUT2D eigenvalue weighted by atomic mass is 19.1. The number of piperidine rings is 1. The number of methoxy groups -OCH3 is 1. The van der Waals surface area contributed by atoms with Crippen molar-refractivity contribution in [2.45, 2.75) is 56.7 Å². The first-order valence-electron chi connectivity index (χ1n) is 12.8. The second-order valence-corrected chi connectivity index (χ2v) is 9.74. The van der Waals surface area contributed by atoms with Gasteiger partial charge in [0.1, 0.15) is 11.6 Å². The lowest BCUT2D eigenvalue weighted by molar-refractivity contribution is -0.384. The van der Waals surface area contributed by atoms with Crippen molar-refractivity contribution in [1.29, 1.82) is 0 Å². The molecule has 1 aromatic heterocycles. The first-order chi connectivity index (χ1) is 18.0. The van der Waals surface area contributed by atoms with Crippen molar-refractivity contribution in [1.82, 2.24) is 10.3 Å². The largest absolute Gasteiger partial charge is 0.497 e. The number of nitro groups is 1. The van der Waals surface area contributed by atoms with E-state index in [0.29, 0.717) is 29.1 Å². The summed E-state index contributed by atoms with van der Waals surface area (Å²) in [6, 6.07) is 12.5. The molecule has 0 bridgehead atoms. The summed E-state index contributed by atoms with van der Waals surface area (Å²) >= 11 is 0. The summed E-state index contributed by atoms with van der Waals surface area (Å²) in [6.45, 7) is 1.78. The predicted molar refractivity (Wildman–Crippen MR) is 140 cm³/mol. The van der Waals surface area contributed by atoms with Gasteiger partial charge in [0.2, 0.25) is 0 Å². The first kappa shape index (κ1) is 25.0. The van der Waals surface area contributed by atoms with Gasteiger partial charge < -0.3 is 24.7 Å². The lowest BCUT2D eigenvalue weighted by Gasteiger charge is -2.40. The maximum absolute atomic E-state index is 14.5. The van der Waals surface area contributed by atoms with Gasteiger partial charge in [-0.05, 0) is 49.9 Å². The van der Waals surface area contributed by atoms with E-state index < -0.39 is 5.82 Å². The van der Waals surface area contributed by atoms with Gasteiger partial charge in [0, 0.05) is 55.1 Å². The molecular formula is C27H32FN5O4. The molecule has 5 rings (SSSR count). The summed E-state index contributed by atoms with van der Waals surface area (Å²) in [4.78, 5) is 17.3. The Hall–Kier alpha value is -3.66. The molecular weight excluding hydrogens is 477 g/mol. The molecule has 10 heteroatoms. The number of ether oxygens (including phenoxy) is 1. The Morgan fingerprint density at radius 1 is 1.11 bits per heavy atom. The Balaban J connectivity index is 1.22. The van der Waals surface area contributed by atoms with Crippen LogP contribution in [0.3, 0.4) is 0 Å². The monoisotopic (exact) mass is 509 g/mol. The van der Waals surface area contributed by atoms with Crippen LogP contribution in [0, 0.1) is 15.9 Å². The molecule has 2 aromatic carbocycles. The second-order valence-electron chi connectivity index (χ2n) is 9.74. The number of nitrogens with zero attached hydrogens (tertiary/aromatic N) is 3. The van der Waals surface area contributed by atoms with Crippen molar-refractivity contribution in [3.8, 4) is 17.1 Å². The predicted octanol–water partition coefficient (Wildman–Crippen LogP) is 5.38. The molecule has 196 valence electrons. The van der Waals surface area contributed by atoms with Crippen LogP contribution in [0.15, 0.2) is 53.1 Å². The van der Waals surface area contributed by atoms with Crippen molar-refractivity contribution in [2.75, 3.05) is 30.4 Å². The lowest BCUT2D eigenvalue weighted by Crippen LogP contribution is -2.54. The van der Waals surface area contributed by atoms with Gasteiger partial charge >= 0.3 is 0 Å². The molecule has 0 unspecified atom stereocenters. The van der Waals surface area contributed by atoms with E-state index in [2.05, 4.69) is 20.5 Å². The van der Waals surface area contributed by atoms with Gasteiger partial charge in [-0.15, -0.1) is 0 Å². The molecule has 0 radical (unpaired) electrons. The fraction of sp³-hybridized carbons (Fsp3) is 0.444. The van der Waals surface area contributed by atoms with E-state index in [1.54, 1.807) is 30.5 Å². The Morgan fingerprint density at radius 2 is 1.89 bits per heavy atom. The van der Waals surface area contributed by atoms with Gasteiger partial charge in [0.05, 0.1) is 23.8 Å². The van der Waals surface area contributed by atoms with Crippen LogP contribution in [0.4, 0.5) is 21.8 Å². The summed E-state index contributed by atoms with van der Waals surface area (Å²) < 4.78 is 25.4. The molecule has 2 aliphatic rings. The number of halogens is 1. The summed E-state index contributed by atoms with van der Waals surface area (Å²) in [5.74, 6) is 0.396. The number of nitrogens with one attached hydrogen (secondary N) is 2. The van der Waals surface area contributed by atoms with Gasteiger partial charge in [-0.25, -0.2) is 9.37 Å². The third-order valence-electron chi connectivity index (χ3n) is 7.32. The minimum absolute atomic E-state index is 0.107. The van der Waals surface area contributed by atoms with Crippen molar-refractivity contribution in [3.63, 3.8) is 0 Å². The number of nitro benzene ring substituents is 1. The fourth-order valence-corrected chi connectivity index (χ4v) is 5.39. The van der Waals surface area contributed by atoms with Gasteiger partial charge in [-0.1, -0.05) is 12.8 Å². The molecule has 3 aromatic rings. The summed E-state index contributed by atoms with van der Waals surface area (Å²) in [7, 11) is 1.50. The zero-order valence-electron chi connectivity index (χ0n) is 20.9. The first-order valence-corrected chi connectivity index (χ1v) is 12.8. The fourth-order valence-electron chi connectivity index (χ4n) is 5.39. The maximum atomic E-state index is 14.5. The molecule has 1 saturated carbocycles. The number of benzene rings is 2. The molecule has 2 fully saturated rings. The third-order valence-corrected chi connectivity index (χ3v) is 7.32. The van der Waals surface area contributed by atoms with Crippen LogP contribution in [0.25, 0.3) is 11.3 Å². The van der Waals surface area contributed by atoms with Crippen LogP contribution < -0.4 is 20.3 Å². The Labute approximate surface area is 215 Å². The van der Waals surface area contributed by atoms with E-state index in [1.807, 2.05) is 12.1 Å². The van der Waals surface area contributed by atoms with Crippen molar-refractivity contribution < 1.29 is 18.5 Å². The highest BCUT2D eigenvalue weighted by molar-refractivity contribution is 5.59. The zero-order chi connectivity index (χ0) is 25.8. The van der Waals surface area contributed by atoms with E-state index in [-0.39, 0.29) is 22.7 Å². The highest BCUT2D eigenvalue weighted by Gasteiger charge is 2.30. The molecule has 1 aliphatic carbocycles. The average Bonchev–Trinajstić information content (AvgIpc) is 3.38. The topological polar surface area (TPSA) is 106 Å². The summed E-state index contributed by atoms with van der Waals surface area (Å²) in [5.41, 5.74) is 1.46. The van der Waals surface area contributed by atoms with E-state index in [4.69, 9.17) is 9.15 Å². The van der Waals surface area contributed by atoms with Crippen LogP contribution >= 0.6 is 0 Å².